The molecular weight excluding hydrogens is 202 g/mol. The van der Waals surface area contributed by atoms with Gasteiger partial charge < -0.3 is 10.4 Å². The molecule has 1 aliphatic carbocycles. The molecular formula is C13H25NO2. The van der Waals surface area contributed by atoms with Gasteiger partial charge in [-0.05, 0) is 38.6 Å². The van der Waals surface area contributed by atoms with Gasteiger partial charge in [-0.3, -0.25) is 4.79 Å². The number of nitrogens with one attached hydrogen (secondary N) is 1. The van der Waals surface area contributed by atoms with Crippen molar-refractivity contribution in [2.45, 2.75) is 64.3 Å². The Bertz CT molecular complexity index is 198. The van der Waals surface area contributed by atoms with Crippen LogP contribution in [0.2, 0.25) is 0 Å². The van der Waals surface area contributed by atoms with Gasteiger partial charge in [0, 0.05) is 12.5 Å². The van der Waals surface area contributed by atoms with Crippen LogP contribution in [0.15, 0.2) is 0 Å². The summed E-state index contributed by atoms with van der Waals surface area (Å²) in [5.41, 5.74) is 0. The van der Waals surface area contributed by atoms with Crippen LogP contribution in [0.4, 0.5) is 0 Å². The van der Waals surface area contributed by atoms with Crippen molar-refractivity contribution in [2.75, 3.05) is 6.54 Å². The fourth-order valence-corrected chi connectivity index (χ4v) is 2.55. The molecule has 16 heavy (non-hydrogen) atoms. The maximum atomic E-state index is 10.4. The lowest BCUT2D eigenvalue weighted by atomic mass is 9.93. The van der Waals surface area contributed by atoms with E-state index in [1.807, 2.05) is 0 Å². The third-order valence-corrected chi connectivity index (χ3v) is 3.64. The highest BCUT2D eigenvalue weighted by atomic mass is 16.4. The topological polar surface area (TPSA) is 49.3 Å². The van der Waals surface area contributed by atoms with Crippen LogP contribution in [0.3, 0.4) is 0 Å². The SMILES string of the molecule is C[C@H](NCCCC(=O)O)C1CCCCCC1. The van der Waals surface area contributed by atoms with Gasteiger partial charge >= 0.3 is 5.97 Å². The van der Waals surface area contributed by atoms with E-state index >= 15 is 0 Å². The van der Waals surface area contributed by atoms with Gasteiger partial charge in [0.05, 0.1) is 0 Å². The van der Waals surface area contributed by atoms with Crippen molar-refractivity contribution in [1.82, 2.24) is 5.32 Å². The Morgan fingerprint density at radius 3 is 2.50 bits per heavy atom. The Hall–Kier alpha value is -0.570. The Morgan fingerprint density at radius 1 is 1.31 bits per heavy atom. The number of aliphatic carboxylic acids is 1. The standard InChI is InChI=1S/C13H25NO2/c1-11(14-10-6-9-13(15)16)12-7-4-2-3-5-8-12/h11-12,14H,2-10H2,1H3,(H,15,16)/t11-/m0/s1. The Morgan fingerprint density at radius 2 is 1.94 bits per heavy atom. The van der Waals surface area contributed by atoms with E-state index in [4.69, 9.17) is 5.11 Å². The van der Waals surface area contributed by atoms with E-state index in [0.717, 1.165) is 18.9 Å². The molecule has 0 aromatic heterocycles. The van der Waals surface area contributed by atoms with Crippen LogP contribution in [-0.4, -0.2) is 23.7 Å². The summed E-state index contributed by atoms with van der Waals surface area (Å²) in [5.74, 6) is 0.108. The lowest BCUT2D eigenvalue weighted by molar-refractivity contribution is -0.137. The molecule has 0 spiro atoms. The average Bonchev–Trinajstić information content (AvgIpc) is 2.52. The molecule has 3 nitrogen and oxygen atoms in total. The first-order chi connectivity index (χ1) is 7.70. The van der Waals surface area contributed by atoms with Crippen LogP contribution in [0.5, 0.6) is 0 Å². The van der Waals surface area contributed by atoms with Crippen LogP contribution in [0.25, 0.3) is 0 Å². The zero-order valence-corrected chi connectivity index (χ0v) is 10.4. The van der Waals surface area contributed by atoms with E-state index < -0.39 is 5.97 Å². The Balaban J connectivity index is 2.12. The van der Waals surface area contributed by atoms with Gasteiger partial charge in [0.15, 0.2) is 0 Å². The predicted molar refractivity (Wildman–Crippen MR) is 65.5 cm³/mol. The van der Waals surface area contributed by atoms with Gasteiger partial charge in [0.1, 0.15) is 0 Å². The van der Waals surface area contributed by atoms with Crippen LogP contribution in [0, 0.1) is 5.92 Å². The minimum absolute atomic E-state index is 0.282. The molecule has 0 bridgehead atoms. The summed E-state index contributed by atoms with van der Waals surface area (Å²) in [6, 6.07) is 0.548. The van der Waals surface area contributed by atoms with E-state index in [9.17, 15) is 4.79 Å². The van der Waals surface area contributed by atoms with Gasteiger partial charge in [0.25, 0.3) is 0 Å². The molecule has 0 unspecified atom stereocenters. The normalized spacial score (nSPS) is 20.3. The second kappa shape index (κ2) is 7.66. The first kappa shape index (κ1) is 13.5. The van der Waals surface area contributed by atoms with Crippen LogP contribution >= 0.6 is 0 Å². The summed E-state index contributed by atoms with van der Waals surface area (Å²) in [6.07, 6.45) is 9.22. The fraction of sp³-hybridized carbons (Fsp3) is 0.923. The molecule has 2 N–H and O–H groups in total. The van der Waals surface area contributed by atoms with Crippen LogP contribution in [0.1, 0.15) is 58.3 Å². The van der Waals surface area contributed by atoms with Gasteiger partial charge in [-0.15, -0.1) is 0 Å². The molecule has 0 radical (unpaired) electrons. The molecule has 3 heteroatoms. The van der Waals surface area contributed by atoms with E-state index in [-0.39, 0.29) is 6.42 Å². The molecule has 1 aliphatic rings. The molecule has 0 amide bonds. The van der Waals surface area contributed by atoms with Gasteiger partial charge in [-0.1, -0.05) is 25.7 Å². The van der Waals surface area contributed by atoms with Crippen molar-refractivity contribution in [3.63, 3.8) is 0 Å². The van der Waals surface area contributed by atoms with E-state index in [1.165, 1.54) is 38.5 Å². The van der Waals surface area contributed by atoms with Crippen molar-refractivity contribution in [1.29, 1.82) is 0 Å². The summed E-state index contributed by atoms with van der Waals surface area (Å²) < 4.78 is 0. The van der Waals surface area contributed by atoms with E-state index in [2.05, 4.69) is 12.2 Å². The molecule has 1 rings (SSSR count). The lowest BCUT2D eigenvalue weighted by Crippen LogP contribution is -2.34. The maximum Gasteiger partial charge on any atom is 0.303 e. The maximum absolute atomic E-state index is 10.4. The van der Waals surface area contributed by atoms with Gasteiger partial charge in [-0.2, -0.15) is 0 Å². The summed E-state index contributed by atoms with van der Waals surface area (Å²) in [5, 5.41) is 12.0. The minimum Gasteiger partial charge on any atom is -0.481 e. The van der Waals surface area contributed by atoms with E-state index in [0.29, 0.717) is 6.04 Å². The minimum atomic E-state index is -0.691. The van der Waals surface area contributed by atoms with Crippen molar-refractivity contribution in [3.05, 3.63) is 0 Å². The zero-order chi connectivity index (χ0) is 11.8. The predicted octanol–water partition coefficient (Wildman–Crippen LogP) is 2.80. The number of carboxylic acids is 1. The molecule has 0 aromatic carbocycles. The number of carboxylic acid groups (broad SMARTS) is 1. The van der Waals surface area contributed by atoms with Gasteiger partial charge in [-0.25, -0.2) is 0 Å². The molecule has 1 fully saturated rings. The fourth-order valence-electron chi connectivity index (χ4n) is 2.55. The van der Waals surface area contributed by atoms with Crippen molar-refractivity contribution in [2.24, 2.45) is 5.92 Å². The van der Waals surface area contributed by atoms with Crippen LogP contribution < -0.4 is 5.32 Å². The Labute approximate surface area is 98.6 Å². The molecule has 0 heterocycles. The highest BCUT2D eigenvalue weighted by molar-refractivity contribution is 5.66. The van der Waals surface area contributed by atoms with E-state index in [1.54, 1.807) is 0 Å². The monoisotopic (exact) mass is 227 g/mol. The summed E-state index contributed by atoms with van der Waals surface area (Å²) in [7, 11) is 0. The lowest BCUT2D eigenvalue weighted by Gasteiger charge is -2.23. The third kappa shape index (κ3) is 5.50. The molecule has 0 saturated heterocycles. The highest BCUT2D eigenvalue weighted by Gasteiger charge is 2.18. The van der Waals surface area contributed by atoms with Crippen molar-refractivity contribution >= 4 is 5.97 Å². The van der Waals surface area contributed by atoms with Crippen molar-refractivity contribution in [3.8, 4) is 0 Å². The molecule has 0 aromatic rings. The van der Waals surface area contributed by atoms with Crippen molar-refractivity contribution < 1.29 is 9.90 Å². The number of rotatable bonds is 6. The number of carbonyl (C=O) groups is 1. The summed E-state index contributed by atoms with van der Waals surface area (Å²) >= 11 is 0. The van der Waals surface area contributed by atoms with Gasteiger partial charge in [0.2, 0.25) is 0 Å². The number of hydrogen-bond donors (Lipinski definition) is 2. The summed E-state index contributed by atoms with van der Waals surface area (Å²) in [6.45, 7) is 3.08. The quantitative estimate of drug-likeness (QED) is 0.542. The largest absolute Gasteiger partial charge is 0.481 e. The molecule has 1 atom stereocenters. The second-order valence-corrected chi connectivity index (χ2v) is 4.99. The Kier molecular flexibility index (Phi) is 6.46. The highest BCUT2D eigenvalue weighted by Crippen LogP contribution is 2.25. The molecule has 1 saturated carbocycles. The zero-order valence-electron chi connectivity index (χ0n) is 10.4. The average molecular weight is 227 g/mol. The smallest absolute Gasteiger partial charge is 0.303 e. The first-order valence-corrected chi connectivity index (χ1v) is 6.65. The molecule has 94 valence electrons. The second-order valence-electron chi connectivity index (χ2n) is 4.99. The molecule has 0 aliphatic heterocycles. The first-order valence-electron chi connectivity index (χ1n) is 6.65. The number of hydrogen-bond acceptors (Lipinski definition) is 2. The third-order valence-electron chi connectivity index (χ3n) is 3.64. The summed E-state index contributed by atoms with van der Waals surface area (Å²) in [4.78, 5) is 10.4. The van der Waals surface area contributed by atoms with Crippen LogP contribution in [-0.2, 0) is 4.79 Å².